The number of ether oxygens (including phenoxy) is 2. The Kier molecular flexibility index (Phi) is 13.8. The number of unbranched alkanes of at least 4 members (excludes halogenated alkanes) is 4. The molecule has 0 bridgehead atoms. The van der Waals surface area contributed by atoms with Crippen molar-refractivity contribution in [3.63, 3.8) is 0 Å². The smallest absolute Gasteiger partial charge is 0.269 e. The minimum absolute atomic E-state index is 0.273. The maximum atomic E-state index is 12.3. The van der Waals surface area contributed by atoms with Gasteiger partial charge in [-0.1, -0.05) is 79.9 Å². The Labute approximate surface area is 274 Å². The molecule has 0 aliphatic carbocycles. The second kappa shape index (κ2) is 19.0. The molecular weight excluding hydrogens is 596 g/mol. The van der Waals surface area contributed by atoms with Gasteiger partial charge in [0.1, 0.15) is 24.7 Å². The van der Waals surface area contributed by atoms with Gasteiger partial charge in [-0.2, -0.15) is 0 Å². The van der Waals surface area contributed by atoms with E-state index in [4.69, 9.17) is 9.47 Å². The van der Waals surface area contributed by atoms with Gasteiger partial charge < -0.3 is 9.47 Å². The minimum atomic E-state index is -0.413. The van der Waals surface area contributed by atoms with Crippen LogP contribution >= 0.6 is 0 Å². The lowest BCUT2D eigenvalue weighted by molar-refractivity contribution is -0.122. The first-order valence-corrected chi connectivity index (χ1v) is 15.7. The van der Waals surface area contributed by atoms with E-state index in [1.54, 1.807) is 48.5 Å². The van der Waals surface area contributed by atoms with E-state index in [0.717, 1.165) is 30.4 Å². The molecular formula is C37H40N4O6. The molecule has 0 spiro atoms. The number of carbonyl (C=O) groups is 4. The van der Waals surface area contributed by atoms with Gasteiger partial charge in [0.15, 0.2) is 0 Å². The van der Waals surface area contributed by atoms with Gasteiger partial charge in [-0.05, 0) is 72.5 Å². The molecule has 4 aromatic carbocycles. The summed E-state index contributed by atoms with van der Waals surface area (Å²) in [5.41, 5.74) is 12.7. The zero-order chi connectivity index (χ0) is 33.1. The van der Waals surface area contributed by atoms with Crippen molar-refractivity contribution in [1.29, 1.82) is 0 Å². The third-order valence-electron chi connectivity index (χ3n) is 7.17. The molecule has 4 rings (SSSR count). The van der Waals surface area contributed by atoms with Crippen molar-refractivity contribution in [2.24, 2.45) is 0 Å². The van der Waals surface area contributed by atoms with E-state index in [1.165, 1.54) is 0 Å². The molecule has 0 unspecified atom stereocenters. The van der Waals surface area contributed by atoms with Gasteiger partial charge in [0.25, 0.3) is 11.8 Å². The number of hydrazine groups is 2. The molecule has 244 valence electrons. The molecule has 0 atom stereocenters. The molecule has 4 N–H and O–H groups in total. The Morgan fingerprint density at radius 1 is 0.426 bits per heavy atom. The highest BCUT2D eigenvalue weighted by Gasteiger charge is 2.10. The third kappa shape index (κ3) is 12.7. The Morgan fingerprint density at radius 3 is 1.17 bits per heavy atom. The molecule has 10 heteroatoms. The monoisotopic (exact) mass is 636 g/mol. The zero-order valence-electron chi connectivity index (χ0n) is 26.2. The van der Waals surface area contributed by atoms with E-state index in [9.17, 15) is 19.2 Å². The average molecular weight is 637 g/mol. The van der Waals surface area contributed by atoms with Gasteiger partial charge in [-0.25, -0.2) is 0 Å². The second-order valence-corrected chi connectivity index (χ2v) is 10.9. The Bertz CT molecular complexity index is 1440. The molecule has 4 amide bonds. The van der Waals surface area contributed by atoms with Crippen molar-refractivity contribution in [2.45, 2.75) is 58.2 Å². The molecule has 0 heterocycles. The normalized spacial score (nSPS) is 10.4. The highest BCUT2D eigenvalue weighted by atomic mass is 16.5. The topological polar surface area (TPSA) is 135 Å². The van der Waals surface area contributed by atoms with Crippen molar-refractivity contribution in [2.75, 3.05) is 0 Å². The number of rotatable bonds is 16. The van der Waals surface area contributed by atoms with Crippen LogP contribution in [0.1, 0.15) is 76.8 Å². The van der Waals surface area contributed by atoms with Crippen LogP contribution < -0.4 is 31.2 Å². The van der Waals surface area contributed by atoms with E-state index in [0.29, 0.717) is 48.7 Å². The molecule has 0 saturated carbocycles. The van der Waals surface area contributed by atoms with Crippen LogP contribution in [0, 0.1) is 0 Å². The highest BCUT2D eigenvalue weighted by molar-refractivity contribution is 5.96. The van der Waals surface area contributed by atoms with Crippen molar-refractivity contribution >= 4 is 23.6 Å². The van der Waals surface area contributed by atoms with Gasteiger partial charge in [-0.3, -0.25) is 40.9 Å². The van der Waals surface area contributed by atoms with Crippen LogP contribution in [0.2, 0.25) is 0 Å². The SMILES string of the molecule is O=C(CCCCCCCC(=O)NNC(=O)c1ccc(OCc2ccccc2)cc1)NNC(=O)c1ccc(OCc2ccccc2)cc1. The fourth-order valence-electron chi connectivity index (χ4n) is 4.51. The number of amides is 4. The molecule has 10 nitrogen and oxygen atoms in total. The van der Waals surface area contributed by atoms with Gasteiger partial charge in [-0.15, -0.1) is 0 Å². The first-order chi connectivity index (χ1) is 23.0. The lowest BCUT2D eigenvalue weighted by Crippen LogP contribution is -2.41. The van der Waals surface area contributed by atoms with Crippen molar-refractivity contribution in [3.8, 4) is 11.5 Å². The molecule has 0 radical (unpaired) electrons. The summed E-state index contributed by atoms with van der Waals surface area (Å²) in [7, 11) is 0. The quantitative estimate of drug-likeness (QED) is 0.0908. The van der Waals surface area contributed by atoms with Crippen molar-refractivity contribution < 1.29 is 28.7 Å². The first kappa shape index (κ1) is 34.2. The van der Waals surface area contributed by atoms with Gasteiger partial charge in [0.2, 0.25) is 11.8 Å². The van der Waals surface area contributed by atoms with Crippen LogP contribution in [-0.2, 0) is 22.8 Å². The minimum Gasteiger partial charge on any atom is -0.489 e. The largest absolute Gasteiger partial charge is 0.489 e. The summed E-state index contributed by atoms with van der Waals surface area (Å²) in [6.45, 7) is 0.863. The van der Waals surface area contributed by atoms with Crippen LogP contribution in [0.15, 0.2) is 109 Å². The summed E-state index contributed by atoms with van der Waals surface area (Å²) in [5.74, 6) is -0.0830. The zero-order valence-corrected chi connectivity index (χ0v) is 26.2. The van der Waals surface area contributed by atoms with Crippen LogP contribution in [0.4, 0.5) is 0 Å². The predicted octanol–water partition coefficient (Wildman–Crippen LogP) is 5.80. The number of hydrogen-bond acceptors (Lipinski definition) is 6. The molecule has 0 aromatic heterocycles. The lowest BCUT2D eigenvalue weighted by Gasteiger charge is -2.09. The molecule has 47 heavy (non-hydrogen) atoms. The van der Waals surface area contributed by atoms with Gasteiger partial charge in [0.05, 0.1) is 0 Å². The molecule has 0 aliphatic heterocycles. The van der Waals surface area contributed by atoms with Crippen LogP contribution in [0.25, 0.3) is 0 Å². The summed E-state index contributed by atoms with van der Waals surface area (Å²) in [6, 6.07) is 33.0. The molecule has 0 saturated heterocycles. The molecule has 0 fully saturated rings. The van der Waals surface area contributed by atoms with Crippen LogP contribution in [0.5, 0.6) is 11.5 Å². The van der Waals surface area contributed by atoms with Crippen LogP contribution in [0.3, 0.4) is 0 Å². The summed E-state index contributed by atoms with van der Waals surface area (Å²) in [6.07, 6.45) is 4.36. The second-order valence-electron chi connectivity index (χ2n) is 10.9. The van der Waals surface area contributed by atoms with Crippen molar-refractivity contribution in [3.05, 3.63) is 131 Å². The number of hydrogen-bond donors (Lipinski definition) is 4. The Hall–Kier alpha value is -5.64. The standard InChI is InChI=1S/C37H40N4O6/c42-34(38-40-36(44)30-18-22-32(23-19-30)46-26-28-12-6-4-7-13-28)16-10-2-1-3-11-17-35(43)39-41-37(45)31-20-24-33(25-21-31)47-27-29-14-8-5-9-15-29/h4-9,12-15,18-25H,1-3,10-11,16-17,26-27H2,(H,38,42)(H,39,43)(H,40,44)(H,41,45). The summed E-state index contributed by atoms with van der Waals surface area (Å²) < 4.78 is 11.5. The summed E-state index contributed by atoms with van der Waals surface area (Å²) in [4.78, 5) is 48.9. The van der Waals surface area contributed by atoms with Gasteiger partial charge >= 0.3 is 0 Å². The van der Waals surface area contributed by atoms with E-state index >= 15 is 0 Å². The van der Waals surface area contributed by atoms with E-state index in [-0.39, 0.29) is 24.7 Å². The maximum Gasteiger partial charge on any atom is 0.269 e. The first-order valence-electron chi connectivity index (χ1n) is 15.7. The van der Waals surface area contributed by atoms with E-state index < -0.39 is 11.8 Å². The van der Waals surface area contributed by atoms with E-state index in [2.05, 4.69) is 21.7 Å². The highest BCUT2D eigenvalue weighted by Crippen LogP contribution is 2.16. The molecule has 0 aliphatic rings. The average Bonchev–Trinajstić information content (AvgIpc) is 3.12. The molecule has 4 aromatic rings. The fourth-order valence-corrected chi connectivity index (χ4v) is 4.51. The van der Waals surface area contributed by atoms with E-state index in [1.807, 2.05) is 60.7 Å². The summed E-state index contributed by atoms with van der Waals surface area (Å²) >= 11 is 0. The lowest BCUT2D eigenvalue weighted by atomic mass is 10.1. The fraction of sp³-hybridized carbons (Fsp3) is 0.243. The van der Waals surface area contributed by atoms with Crippen molar-refractivity contribution in [1.82, 2.24) is 21.7 Å². The van der Waals surface area contributed by atoms with Crippen LogP contribution in [-0.4, -0.2) is 23.6 Å². The number of benzene rings is 4. The van der Waals surface area contributed by atoms with Gasteiger partial charge in [0, 0.05) is 24.0 Å². The Balaban J connectivity index is 0.991. The summed E-state index contributed by atoms with van der Waals surface area (Å²) in [5, 5.41) is 0. The third-order valence-corrected chi connectivity index (χ3v) is 7.17. The number of nitrogens with one attached hydrogen (secondary N) is 4. The predicted molar refractivity (Wildman–Crippen MR) is 178 cm³/mol. The maximum absolute atomic E-state index is 12.3. The Morgan fingerprint density at radius 2 is 0.787 bits per heavy atom. The number of carbonyl (C=O) groups excluding carboxylic acids is 4.